The van der Waals surface area contributed by atoms with Gasteiger partial charge in [0, 0.05) is 17.3 Å². The number of halogens is 1. The first kappa shape index (κ1) is 19.3. The number of benzene rings is 1. The molecular formula is C22H28FNO. The van der Waals surface area contributed by atoms with Crippen molar-refractivity contribution in [3.05, 3.63) is 53.5 Å². The smallest absolute Gasteiger partial charge is 0.151 e. The van der Waals surface area contributed by atoms with Crippen molar-refractivity contribution in [1.29, 1.82) is 0 Å². The average molecular weight is 341 g/mol. The first-order chi connectivity index (χ1) is 12.2. The highest BCUT2D eigenvalue weighted by Gasteiger charge is 2.06. The molecule has 0 saturated heterocycles. The van der Waals surface area contributed by atoms with Crippen molar-refractivity contribution in [3.8, 4) is 11.3 Å². The van der Waals surface area contributed by atoms with Gasteiger partial charge in [0.15, 0.2) is 6.29 Å². The first-order valence-electron chi connectivity index (χ1n) is 9.44. The Morgan fingerprint density at radius 3 is 2.28 bits per heavy atom. The molecule has 0 atom stereocenters. The van der Waals surface area contributed by atoms with Crippen LogP contribution in [0.3, 0.4) is 0 Å². The number of rotatable bonds is 11. The second kappa shape index (κ2) is 10.8. The van der Waals surface area contributed by atoms with E-state index in [1.807, 2.05) is 12.1 Å². The molecule has 3 heteroatoms. The number of aryl methyl sites for hydroxylation is 1. The molecule has 0 radical (unpaired) electrons. The van der Waals surface area contributed by atoms with E-state index in [0.717, 1.165) is 30.3 Å². The first-order valence-corrected chi connectivity index (χ1v) is 9.44. The highest BCUT2D eigenvalue weighted by Crippen LogP contribution is 2.21. The molecule has 0 saturated carbocycles. The quantitative estimate of drug-likeness (QED) is 0.350. The van der Waals surface area contributed by atoms with E-state index in [2.05, 4.69) is 11.9 Å². The van der Waals surface area contributed by atoms with Crippen LogP contribution in [0.1, 0.15) is 74.2 Å². The molecular weight excluding hydrogens is 313 g/mol. The molecule has 0 amide bonds. The number of nitrogens with zero attached hydrogens (tertiary/aromatic N) is 1. The third kappa shape index (κ3) is 6.41. The molecule has 1 aromatic carbocycles. The number of pyridine rings is 1. The van der Waals surface area contributed by atoms with Crippen molar-refractivity contribution in [3.63, 3.8) is 0 Å². The molecule has 1 aromatic heterocycles. The molecule has 0 fully saturated rings. The van der Waals surface area contributed by atoms with Gasteiger partial charge in [-0.2, -0.15) is 0 Å². The van der Waals surface area contributed by atoms with Gasteiger partial charge in [0.25, 0.3) is 0 Å². The van der Waals surface area contributed by atoms with E-state index in [1.54, 1.807) is 18.2 Å². The van der Waals surface area contributed by atoms with E-state index in [1.165, 1.54) is 51.1 Å². The summed E-state index contributed by atoms with van der Waals surface area (Å²) in [6, 6.07) is 8.76. The normalized spacial score (nSPS) is 10.8. The fourth-order valence-electron chi connectivity index (χ4n) is 3.00. The standard InChI is InChI=1S/C22H28FNO/c1-2-3-4-5-6-7-8-9-10-19-12-13-20(15-21(19)23)22-14-11-18(17-25)16-24-22/h11-17H,2-10H2,1H3. The van der Waals surface area contributed by atoms with Crippen molar-refractivity contribution in [2.45, 2.75) is 64.7 Å². The molecule has 0 bridgehead atoms. The van der Waals surface area contributed by atoms with Gasteiger partial charge in [0.2, 0.25) is 0 Å². The van der Waals surface area contributed by atoms with Gasteiger partial charge in [0.05, 0.1) is 5.69 Å². The summed E-state index contributed by atoms with van der Waals surface area (Å²) in [7, 11) is 0. The third-order valence-corrected chi connectivity index (χ3v) is 4.57. The monoisotopic (exact) mass is 341 g/mol. The van der Waals surface area contributed by atoms with E-state index < -0.39 is 0 Å². The molecule has 0 unspecified atom stereocenters. The summed E-state index contributed by atoms with van der Waals surface area (Å²) >= 11 is 0. The Balaban J connectivity index is 1.80. The highest BCUT2D eigenvalue weighted by molar-refractivity contribution is 5.75. The van der Waals surface area contributed by atoms with Gasteiger partial charge >= 0.3 is 0 Å². The minimum Gasteiger partial charge on any atom is -0.298 e. The molecule has 0 spiro atoms. The van der Waals surface area contributed by atoms with E-state index in [0.29, 0.717) is 11.3 Å². The van der Waals surface area contributed by atoms with Crippen molar-refractivity contribution in [1.82, 2.24) is 4.98 Å². The van der Waals surface area contributed by atoms with Crippen LogP contribution in [0.5, 0.6) is 0 Å². The number of hydrogen-bond acceptors (Lipinski definition) is 2. The lowest BCUT2D eigenvalue weighted by atomic mass is 10.0. The van der Waals surface area contributed by atoms with Crippen LogP contribution in [0, 0.1) is 5.82 Å². The van der Waals surface area contributed by atoms with Gasteiger partial charge in [-0.3, -0.25) is 9.78 Å². The van der Waals surface area contributed by atoms with Crippen LogP contribution in [-0.2, 0) is 6.42 Å². The van der Waals surface area contributed by atoms with Crippen LogP contribution in [0.15, 0.2) is 36.5 Å². The summed E-state index contributed by atoms with van der Waals surface area (Å²) < 4.78 is 14.3. The summed E-state index contributed by atoms with van der Waals surface area (Å²) in [4.78, 5) is 14.9. The van der Waals surface area contributed by atoms with Gasteiger partial charge in [-0.05, 0) is 36.6 Å². The predicted octanol–water partition coefficient (Wildman–Crippen LogP) is 6.38. The zero-order valence-electron chi connectivity index (χ0n) is 15.1. The maximum absolute atomic E-state index is 14.3. The molecule has 0 aliphatic heterocycles. The fraction of sp³-hybridized carbons (Fsp3) is 0.455. The molecule has 0 aliphatic rings. The number of aldehydes is 1. The Morgan fingerprint density at radius 1 is 0.960 bits per heavy atom. The molecule has 0 N–H and O–H groups in total. The second-order valence-electron chi connectivity index (χ2n) is 6.63. The number of carbonyl (C=O) groups excluding carboxylic acids is 1. The lowest BCUT2D eigenvalue weighted by Crippen LogP contribution is -1.93. The minimum atomic E-state index is -0.165. The Hall–Kier alpha value is -2.03. The largest absolute Gasteiger partial charge is 0.298 e. The van der Waals surface area contributed by atoms with Crippen LogP contribution in [0.25, 0.3) is 11.3 Å². The van der Waals surface area contributed by atoms with Gasteiger partial charge in [-0.25, -0.2) is 4.39 Å². The summed E-state index contributed by atoms with van der Waals surface area (Å²) in [5.41, 5.74) is 2.73. The van der Waals surface area contributed by atoms with Crippen molar-refractivity contribution < 1.29 is 9.18 Å². The van der Waals surface area contributed by atoms with E-state index in [9.17, 15) is 9.18 Å². The Bertz CT molecular complexity index is 652. The van der Waals surface area contributed by atoms with Gasteiger partial charge in [0.1, 0.15) is 5.82 Å². The lowest BCUT2D eigenvalue weighted by molar-refractivity contribution is 0.112. The molecule has 2 rings (SSSR count). The van der Waals surface area contributed by atoms with Crippen LogP contribution < -0.4 is 0 Å². The van der Waals surface area contributed by atoms with Gasteiger partial charge in [-0.1, -0.05) is 64.0 Å². The highest BCUT2D eigenvalue weighted by atomic mass is 19.1. The Kier molecular flexibility index (Phi) is 8.30. The number of hydrogen-bond donors (Lipinski definition) is 0. The van der Waals surface area contributed by atoms with Gasteiger partial charge in [-0.15, -0.1) is 0 Å². The summed E-state index contributed by atoms with van der Waals surface area (Å²) in [5, 5.41) is 0. The molecule has 2 nitrogen and oxygen atoms in total. The predicted molar refractivity (Wildman–Crippen MR) is 101 cm³/mol. The van der Waals surface area contributed by atoms with Gasteiger partial charge < -0.3 is 0 Å². The fourth-order valence-corrected chi connectivity index (χ4v) is 3.00. The Morgan fingerprint density at radius 2 is 1.68 bits per heavy atom. The molecule has 0 aliphatic carbocycles. The maximum Gasteiger partial charge on any atom is 0.151 e. The maximum atomic E-state index is 14.3. The zero-order chi connectivity index (χ0) is 17.9. The van der Waals surface area contributed by atoms with E-state index >= 15 is 0 Å². The van der Waals surface area contributed by atoms with Crippen molar-refractivity contribution in [2.75, 3.05) is 0 Å². The topological polar surface area (TPSA) is 30.0 Å². The minimum absolute atomic E-state index is 0.165. The average Bonchev–Trinajstić information content (AvgIpc) is 2.65. The molecule has 134 valence electrons. The molecule has 2 aromatic rings. The van der Waals surface area contributed by atoms with E-state index in [4.69, 9.17) is 0 Å². The van der Waals surface area contributed by atoms with Crippen LogP contribution in [-0.4, -0.2) is 11.3 Å². The lowest BCUT2D eigenvalue weighted by Gasteiger charge is -2.07. The number of carbonyl (C=O) groups is 1. The molecule has 25 heavy (non-hydrogen) atoms. The number of aromatic nitrogens is 1. The second-order valence-corrected chi connectivity index (χ2v) is 6.63. The number of unbranched alkanes of at least 4 members (excludes halogenated alkanes) is 7. The van der Waals surface area contributed by atoms with Crippen molar-refractivity contribution in [2.24, 2.45) is 0 Å². The van der Waals surface area contributed by atoms with Crippen LogP contribution >= 0.6 is 0 Å². The van der Waals surface area contributed by atoms with E-state index in [-0.39, 0.29) is 5.82 Å². The van der Waals surface area contributed by atoms with Crippen molar-refractivity contribution >= 4 is 6.29 Å². The summed E-state index contributed by atoms with van der Waals surface area (Å²) in [6.07, 6.45) is 13.1. The summed E-state index contributed by atoms with van der Waals surface area (Å²) in [5.74, 6) is -0.165. The summed E-state index contributed by atoms with van der Waals surface area (Å²) in [6.45, 7) is 2.23. The molecule has 1 heterocycles. The van der Waals surface area contributed by atoms with Crippen LogP contribution in [0.2, 0.25) is 0 Å². The zero-order valence-corrected chi connectivity index (χ0v) is 15.1. The third-order valence-electron chi connectivity index (χ3n) is 4.57. The Labute approximate surface area is 150 Å². The van der Waals surface area contributed by atoms with Crippen LogP contribution in [0.4, 0.5) is 4.39 Å². The SMILES string of the molecule is CCCCCCCCCCc1ccc(-c2ccc(C=O)cn2)cc1F.